The Kier molecular flexibility index (Phi) is 4.39. The van der Waals surface area contributed by atoms with E-state index >= 15 is 0 Å². The van der Waals surface area contributed by atoms with E-state index in [4.69, 9.17) is 0 Å². The van der Waals surface area contributed by atoms with Crippen molar-refractivity contribution in [2.45, 2.75) is 12.3 Å². The van der Waals surface area contributed by atoms with E-state index in [2.05, 4.69) is 22.8 Å². The van der Waals surface area contributed by atoms with Gasteiger partial charge in [0.25, 0.3) is 0 Å². The highest BCUT2D eigenvalue weighted by molar-refractivity contribution is 6.01. The van der Waals surface area contributed by atoms with Crippen LogP contribution in [0.5, 0.6) is 0 Å². The molecule has 1 fully saturated rings. The fourth-order valence-corrected chi connectivity index (χ4v) is 2.75. The Morgan fingerprint density at radius 2 is 1.86 bits per heavy atom. The average molecular weight is 295 g/mol. The standard InChI is InChI=1S/C18H21N3O/c1-21(17-5-3-2-4-6-17)18(22)20-16-9-7-14(8-10-16)15-11-12-19-13-15/h2-10,15,19H,11-13H2,1H3,(H,20,22). The molecule has 0 saturated carbocycles. The van der Waals surface area contributed by atoms with Crippen molar-refractivity contribution in [2.24, 2.45) is 0 Å². The van der Waals surface area contributed by atoms with Crippen molar-refractivity contribution < 1.29 is 4.79 Å². The van der Waals surface area contributed by atoms with E-state index in [0.29, 0.717) is 5.92 Å². The number of benzene rings is 2. The zero-order valence-electron chi connectivity index (χ0n) is 12.8. The first-order valence-corrected chi connectivity index (χ1v) is 7.64. The van der Waals surface area contributed by atoms with Gasteiger partial charge in [-0.15, -0.1) is 0 Å². The summed E-state index contributed by atoms with van der Waals surface area (Å²) in [6.07, 6.45) is 1.18. The summed E-state index contributed by atoms with van der Waals surface area (Å²) in [4.78, 5) is 13.9. The lowest BCUT2D eigenvalue weighted by Gasteiger charge is -2.18. The molecule has 114 valence electrons. The fraction of sp³-hybridized carbons (Fsp3) is 0.278. The number of nitrogens with zero attached hydrogens (tertiary/aromatic N) is 1. The lowest BCUT2D eigenvalue weighted by Crippen LogP contribution is -2.31. The lowest BCUT2D eigenvalue weighted by molar-refractivity contribution is 0.258. The summed E-state index contributed by atoms with van der Waals surface area (Å²) >= 11 is 0. The van der Waals surface area contributed by atoms with Crippen molar-refractivity contribution in [3.05, 3.63) is 60.2 Å². The van der Waals surface area contributed by atoms with Crippen molar-refractivity contribution >= 4 is 17.4 Å². The first-order chi connectivity index (χ1) is 10.7. The van der Waals surface area contributed by atoms with Gasteiger partial charge < -0.3 is 10.6 Å². The van der Waals surface area contributed by atoms with Crippen molar-refractivity contribution in [3.63, 3.8) is 0 Å². The average Bonchev–Trinajstić information content (AvgIpc) is 3.10. The van der Waals surface area contributed by atoms with Gasteiger partial charge in [-0.2, -0.15) is 0 Å². The van der Waals surface area contributed by atoms with Gasteiger partial charge in [0.15, 0.2) is 0 Å². The van der Waals surface area contributed by atoms with Crippen LogP contribution in [0.4, 0.5) is 16.2 Å². The summed E-state index contributed by atoms with van der Waals surface area (Å²) in [6.45, 7) is 2.13. The van der Waals surface area contributed by atoms with E-state index in [1.54, 1.807) is 11.9 Å². The Balaban J connectivity index is 1.64. The Labute approximate surface area is 131 Å². The largest absolute Gasteiger partial charge is 0.326 e. The van der Waals surface area contributed by atoms with Crippen molar-refractivity contribution in [2.75, 3.05) is 30.4 Å². The van der Waals surface area contributed by atoms with Gasteiger partial charge in [-0.25, -0.2) is 4.79 Å². The van der Waals surface area contributed by atoms with Gasteiger partial charge in [0, 0.05) is 25.0 Å². The predicted molar refractivity (Wildman–Crippen MR) is 90.5 cm³/mol. The van der Waals surface area contributed by atoms with Gasteiger partial charge in [-0.3, -0.25) is 4.90 Å². The van der Waals surface area contributed by atoms with Crippen LogP contribution < -0.4 is 15.5 Å². The van der Waals surface area contributed by atoms with Crippen LogP contribution in [0.2, 0.25) is 0 Å². The molecule has 4 heteroatoms. The first-order valence-electron chi connectivity index (χ1n) is 7.64. The molecule has 0 radical (unpaired) electrons. The molecule has 1 aliphatic heterocycles. The molecule has 2 aromatic rings. The minimum absolute atomic E-state index is 0.138. The number of nitrogens with one attached hydrogen (secondary N) is 2. The van der Waals surface area contributed by atoms with Crippen LogP contribution in [0, 0.1) is 0 Å². The number of rotatable bonds is 3. The Hall–Kier alpha value is -2.33. The predicted octanol–water partition coefficient (Wildman–Crippen LogP) is 3.43. The normalized spacial score (nSPS) is 17.2. The molecule has 22 heavy (non-hydrogen) atoms. The van der Waals surface area contributed by atoms with Gasteiger partial charge >= 0.3 is 6.03 Å². The number of para-hydroxylation sites is 1. The zero-order chi connectivity index (χ0) is 15.4. The topological polar surface area (TPSA) is 44.4 Å². The number of carbonyl (C=O) groups is 1. The highest BCUT2D eigenvalue weighted by Crippen LogP contribution is 2.23. The van der Waals surface area contributed by atoms with Crippen molar-refractivity contribution in [3.8, 4) is 0 Å². The van der Waals surface area contributed by atoms with Gasteiger partial charge in [0.05, 0.1) is 0 Å². The van der Waals surface area contributed by atoms with Crippen LogP contribution in [-0.2, 0) is 0 Å². The van der Waals surface area contributed by atoms with E-state index in [1.165, 1.54) is 12.0 Å². The third-order valence-electron chi connectivity index (χ3n) is 4.14. The van der Waals surface area contributed by atoms with E-state index in [9.17, 15) is 4.79 Å². The molecule has 1 atom stereocenters. The summed E-state index contributed by atoms with van der Waals surface area (Å²) in [5.41, 5.74) is 3.02. The lowest BCUT2D eigenvalue weighted by atomic mass is 9.98. The Morgan fingerprint density at radius 3 is 2.50 bits per heavy atom. The SMILES string of the molecule is CN(C(=O)Nc1ccc(C2CCNC2)cc1)c1ccccc1. The number of hydrogen-bond acceptors (Lipinski definition) is 2. The van der Waals surface area contributed by atoms with Gasteiger partial charge in [0.2, 0.25) is 0 Å². The van der Waals surface area contributed by atoms with E-state index in [0.717, 1.165) is 24.5 Å². The second kappa shape index (κ2) is 6.62. The molecule has 2 aromatic carbocycles. The molecule has 1 saturated heterocycles. The second-order valence-electron chi connectivity index (χ2n) is 5.64. The van der Waals surface area contributed by atoms with E-state index in [-0.39, 0.29) is 6.03 Å². The quantitative estimate of drug-likeness (QED) is 0.911. The van der Waals surface area contributed by atoms with Gasteiger partial charge in [-0.1, -0.05) is 30.3 Å². The molecular weight excluding hydrogens is 274 g/mol. The van der Waals surface area contributed by atoms with Gasteiger partial charge in [-0.05, 0) is 48.7 Å². The number of anilines is 2. The molecule has 0 aromatic heterocycles. The monoisotopic (exact) mass is 295 g/mol. The number of hydrogen-bond donors (Lipinski definition) is 2. The van der Waals surface area contributed by atoms with Crippen molar-refractivity contribution in [1.29, 1.82) is 0 Å². The molecule has 0 aliphatic carbocycles. The number of carbonyl (C=O) groups excluding carboxylic acids is 1. The van der Waals surface area contributed by atoms with Crippen LogP contribution >= 0.6 is 0 Å². The molecule has 1 unspecified atom stereocenters. The Bertz CT molecular complexity index is 619. The zero-order valence-corrected chi connectivity index (χ0v) is 12.8. The second-order valence-corrected chi connectivity index (χ2v) is 5.64. The molecular formula is C18H21N3O. The van der Waals surface area contributed by atoms with Crippen LogP contribution in [0.3, 0.4) is 0 Å². The smallest absolute Gasteiger partial charge is 0.316 e. The molecule has 4 nitrogen and oxygen atoms in total. The summed E-state index contributed by atoms with van der Waals surface area (Å²) in [7, 11) is 1.77. The molecule has 3 rings (SSSR count). The van der Waals surface area contributed by atoms with Crippen LogP contribution in [0.1, 0.15) is 17.9 Å². The summed E-state index contributed by atoms with van der Waals surface area (Å²) in [6, 6.07) is 17.6. The number of amides is 2. The summed E-state index contributed by atoms with van der Waals surface area (Å²) < 4.78 is 0. The third-order valence-corrected chi connectivity index (χ3v) is 4.14. The minimum atomic E-state index is -0.138. The van der Waals surface area contributed by atoms with Crippen LogP contribution in [0.25, 0.3) is 0 Å². The summed E-state index contributed by atoms with van der Waals surface area (Å²) in [5, 5.41) is 6.30. The molecule has 2 amide bonds. The minimum Gasteiger partial charge on any atom is -0.316 e. The highest BCUT2D eigenvalue weighted by atomic mass is 16.2. The number of urea groups is 1. The molecule has 1 heterocycles. The summed E-state index contributed by atoms with van der Waals surface area (Å²) in [5.74, 6) is 0.594. The molecule has 0 spiro atoms. The van der Waals surface area contributed by atoms with E-state index < -0.39 is 0 Å². The molecule has 1 aliphatic rings. The maximum atomic E-state index is 12.3. The Morgan fingerprint density at radius 1 is 1.14 bits per heavy atom. The van der Waals surface area contributed by atoms with Crippen molar-refractivity contribution in [1.82, 2.24) is 5.32 Å². The molecule has 0 bridgehead atoms. The van der Waals surface area contributed by atoms with Crippen LogP contribution in [0.15, 0.2) is 54.6 Å². The van der Waals surface area contributed by atoms with Crippen LogP contribution in [-0.4, -0.2) is 26.2 Å². The van der Waals surface area contributed by atoms with E-state index in [1.807, 2.05) is 42.5 Å². The fourth-order valence-electron chi connectivity index (χ4n) is 2.75. The van der Waals surface area contributed by atoms with Gasteiger partial charge in [0.1, 0.15) is 0 Å². The third kappa shape index (κ3) is 3.28. The maximum absolute atomic E-state index is 12.3. The maximum Gasteiger partial charge on any atom is 0.326 e. The highest BCUT2D eigenvalue weighted by Gasteiger charge is 2.16. The molecule has 2 N–H and O–H groups in total. The first kappa shape index (κ1) is 14.6.